The van der Waals surface area contributed by atoms with Crippen LogP contribution in [0.5, 0.6) is 5.88 Å². The summed E-state index contributed by atoms with van der Waals surface area (Å²) in [6, 6.07) is 3.09. The number of nitrogens with one attached hydrogen (secondary N) is 1. The van der Waals surface area contributed by atoms with E-state index >= 15 is 0 Å². The van der Waals surface area contributed by atoms with Gasteiger partial charge in [-0.3, -0.25) is 9.89 Å². The van der Waals surface area contributed by atoms with Gasteiger partial charge in [0.05, 0.1) is 19.0 Å². The number of carbonyl (C=O) groups excluding carboxylic acids is 1. The van der Waals surface area contributed by atoms with Crippen LogP contribution in [0, 0.1) is 5.82 Å². The van der Waals surface area contributed by atoms with Crippen molar-refractivity contribution < 1.29 is 13.9 Å². The van der Waals surface area contributed by atoms with E-state index in [1.165, 1.54) is 19.6 Å². The molecule has 4 rings (SSSR count). The number of pyridine rings is 1. The van der Waals surface area contributed by atoms with Crippen LogP contribution in [0.1, 0.15) is 42.6 Å². The highest BCUT2D eigenvalue weighted by Gasteiger charge is 2.51. The monoisotopic (exact) mass is 330 g/mol. The number of H-pyrrole nitrogens is 1. The van der Waals surface area contributed by atoms with E-state index in [2.05, 4.69) is 15.2 Å². The van der Waals surface area contributed by atoms with Gasteiger partial charge in [0.1, 0.15) is 0 Å². The SMILES string of the molecule is COc1cc(-c2cc(C(=O)N3CCCCC34CC4)n[nH]2)c(F)cn1. The van der Waals surface area contributed by atoms with E-state index in [-0.39, 0.29) is 17.0 Å². The molecule has 1 amide bonds. The van der Waals surface area contributed by atoms with Crippen LogP contribution in [-0.4, -0.2) is 45.2 Å². The lowest BCUT2D eigenvalue weighted by molar-refractivity contribution is 0.0567. The highest BCUT2D eigenvalue weighted by atomic mass is 19.1. The summed E-state index contributed by atoms with van der Waals surface area (Å²) in [5.74, 6) is -0.256. The maximum atomic E-state index is 14.0. The number of piperidine rings is 1. The minimum Gasteiger partial charge on any atom is -0.481 e. The zero-order valence-corrected chi connectivity index (χ0v) is 13.5. The van der Waals surface area contributed by atoms with E-state index in [0.29, 0.717) is 17.3 Å². The lowest BCUT2D eigenvalue weighted by Crippen LogP contribution is -2.45. The first-order chi connectivity index (χ1) is 11.6. The fraction of sp³-hybridized carbons (Fsp3) is 0.471. The number of methoxy groups -OCH3 is 1. The number of hydrogen-bond donors (Lipinski definition) is 1. The Morgan fingerprint density at radius 2 is 2.17 bits per heavy atom. The average Bonchev–Trinajstić information content (AvgIpc) is 3.19. The third-order valence-electron chi connectivity index (χ3n) is 5.05. The molecule has 0 unspecified atom stereocenters. The molecule has 2 aliphatic rings. The molecule has 1 N–H and O–H groups in total. The maximum absolute atomic E-state index is 14.0. The van der Waals surface area contributed by atoms with Crippen molar-refractivity contribution in [3.05, 3.63) is 29.8 Å². The number of likely N-dealkylation sites (tertiary alicyclic amines) is 1. The predicted molar refractivity (Wildman–Crippen MR) is 85.2 cm³/mol. The zero-order valence-electron chi connectivity index (χ0n) is 13.5. The van der Waals surface area contributed by atoms with Crippen molar-refractivity contribution in [2.24, 2.45) is 0 Å². The molecule has 2 fully saturated rings. The summed E-state index contributed by atoms with van der Waals surface area (Å²) in [6.45, 7) is 0.776. The van der Waals surface area contributed by atoms with Crippen molar-refractivity contribution in [1.29, 1.82) is 0 Å². The Morgan fingerprint density at radius 1 is 1.33 bits per heavy atom. The Labute approximate surface area is 139 Å². The zero-order chi connectivity index (χ0) is 16.7. The van der Waals surface area contributed by atoms with Crippen LogP contribution in [0.2, 0.25) is 0 Å². The summed E-state index contributed by atoms with van der Waals surface area (Å²) in [5, 5.41) is 6.87. The molecule has 2 aromatic rings. The van der Waals surface area contributed by atoms with Gasteiger partial charge >= 0.3 is 0 Å². The molecular weight excluding hydrogens is 311 g/mol. The molecule has 1 aliphatic carbocycles. The van der Waals surface area contributed by atoms with Gasteiger partial charge < -0.3 is 9.64 Å². The lowest BCUT2D eigenvalue weighted by Gasteiger charge is -2.35. The van der Waals surface area contributed by atoms with Crippen LogP contribution in [0.15, 0.2) is 18.3 Å². The second kappa shape index (κ2) is 5.58. The maximum Gasteiger partial charge on any atom is 0.274 e. The molecule has 0 bridgehead atoms. The van der Waals surface area contributed by atoms with Gasteiger partial charge in [0.25, 0.3) is 5.91 Å². The molecule has 0 radical (unpaired) electrons. The Balaban J connectivity index is 1.62. The third-order valence-corrected chi connectivity index (χ3v) is 5.05. The van der Waals surface area contributed by atoms with Crippen LogP contribution < -0.4 is 4.74 Å². The van der Waals surface area contributed by atoms with Crippen LogP contribution >= 0.6 is 0 Å². The Hall–Kier alpha value is -2.44. The summed E-state index contributed by atoms with van der Waals surface area (Å²) < 4.78 is 19.1. The van der Waals surface area contributed by atoms with Crippen molar-refractivity contribution in [2.45, 2.75) is 37.6 Å². The summed E-state index contributed by atoms with van der Waals surface area (Å²) >= 11 is 0. The standard InChI is InChI=1S/C17H19FN4O2/c1-24-15-8-11(12(18)10-19-15)13-9-14(21-20-13)16(23)22-7-3-2-4-17(22)5-6-17/h8-10H,2-7H2,1H3,(H,20,21). The quantitative estimate of drug-likeness (QED) is 0.939. The smallest absolute Gasteiger partial charge is 0.274 e. The number of hydrogen-bond acceptors (Lipinski definition) is 4. The number of ether oxygens (including phenoxy) is 1. The molecule has 1 saturated heterocycles. The van der Waals surface area contributed by atoms with Gasteiger partial charge in [-0.25, -0.2) is 9.37 Å². The number of rotatable bonds is 3. The van der Waals surface area contributed by atoms with Crippen molar-refractivity contribution in [1.82, 2.24) is 20.1 Å². The Morgan fingerprint density at radius 3 is 2.92 bits per heavy atom. The number of nitrogens with zero attached hydrogens (tertiary/aromatic N) is 3. The van der Waals surface area contributed by atoms with Crippen LogP contribution in [0.25, 0.3) is 11.3 Å². The van der Waals surface area contributed by atoms with Crippen LogP contribution in [0.3, 0.4) is 0 Å². The van der Waals surface area contributed by atoms with Gasteiger partial charge in [-0.1, -0.05) is 0 Å². The Bertz CT molecular complexity index is 785. The molecule has 6 nitrogen and oxygen atoms in total. The first-order valence-electron chi connectivity index (χ1n) is 8.20. The van der Waals surface area contributed by atoms with Gasteiger partial charge in [0.15, 0.2) is 11.5 Å². The van der Waals surface area contributed by atoms with Crippen LogP contribution in [-0.2, 0) is 0 Å². The minimum absolute atomic E-state index is 0.0551. The second-order valence-electron chi connectivity index (χ2n) is 6.51. The Kier molecular flexibility index (Phi) is 3.51. The number of carbonyl (C=O) groups is 1. The normalized spacial score (nSPS) is 18.7. The molecule has 1 spiro atoms. The molecule has 2 aromatic heterocycles. The predicted octanol–water partition coefficient (Wildman–Crippen LogP) is 2.78. The molecule has 1 saturated carbocycles. The number of aromatic amines is 1. The van der Waals surface area contributed by atoms with E-state index in [0.717, 1.165) is 38.4 Å². The van der Waals surface area contributed by atoms with Crippen molar-refractivity contribution >= 4 is 5.91 Å². The topological polar surface area (TPSA) is 71.1 Å². The molecule has 24 heavy (non-hydrogen) atoms. The van der Waals surface area contributed by atoms with E-state index in [4.69, 9.17) is 4.74 Å². The van der Waals surface area contributed by atoms with Gasteiger partial charge in [0.2, 0.25) is 5.88 Å². The van der Waals surface area contributed by atoms with Crippen molar-refractivity contribution in [2.75, 3.05) is 13.7 Å². The van der Waals surface area contributed by atoms with E-state index < -0.39 is 5.82 Å². The molecule has 3 heterocycles. The largest absolute Gasteiger partial charge is 0.481 e. The number of halogens is 1. The van der Waals surface area contributed by atoms with E-state index in [1.807, 2.05) is 4.90 Å². The van der Waals surface area contributed by atoms with Crippen LogP contribution in [0.4, 0.5) is 4.39 Å². The lowest BCUT2D eigenvalue weighted by atomic mass is 9.99. The second-order valence-corrected chi connectivity index (χ2v) is 6.51. The average molecular weight is 330 g/mol. The van der Waals surface area contributed by atoms with Crippen molar-refractivity contribution in [3.8, 4) is 17.1 Å². The highest BCUT2D eigenvalue weighted by molar-refractivity contribution is 5.94. The molecule has 7 heteroatoms. The first kappa shape index (κ1) is 15.1. The van der Waals surface area contributed by atoms with Gasteiger partial charge in [-0.15, -0.1) is 0 Å². The first-order valence-corrected chi connectivity index (χ1v) is 8.20. The fourth-order valence-corrected chi connectivity index (χ4v) is 3.52. The summed E-state index contributed by atoms with van der Waals surface area (Å²) in [4.78, 5) is 18.6. The summed E-state index contributed by atoms with van der Waals surface area (Å²) in [5.41, 5.74) is 1.11. The summed E-state index contributed by atoms with van der Waals surface area (Å²) in [7, 11) is 1.47. The minimum atomic E-state index is -0.491. The third kappa shape index (κ3) is 2.44. The molecule has 126 valence electrons. The van der Waals surface area contributed by atoms with Gasteiger partial charge in [-0.05, 0) is 38.2 Å². The summed E-state index contributed by atoms with van der Waals surface area (Å²) in [6.07, 6.45) is 6.53. The van der Waals surface area contributed by atoms with Gasteiger partial charge in [-0.2, -0.15) is 5.10 Å². The number of aromatic nitrogens is 3. The van der Waals surface area contributed by atoms with Gasteiger partial charge in [0, 0.05) is 23.7 Å². The van der Waals surface area contributed by atoms with E-state index in [9.17, 15) is 9.18 Å². The molecular formula is C17H19FN4O2. The molecule has 0 aromatic carbocycles. The number of amides is 1. The fourth-order valence-electron chi connectivity index (χ4n) is 3.52. The highest BCUT2D eigenvalue weighted by Crippen LogP contribution is 2.48. The van der Waals surface area contributed by atoms with E-state index in [1.54, 1.807) is 6.07 Å². The molecule has 0 atom stereocenters. The molecule has 1 aliphatic heterocycles. The van der Waals surface area contributed by atoms with Crippen molar-refractivity contribution in [3.63, 3.8) is 0 Å².